The van der Waals surface area contributed by atoms with Gasteiger partial charge in [0.05, 0.1) is 0 Å². The number of hydrogen-bond acceptors (Lipinski definition) is 5. The summed E-state index contributed by atoms with van der Waals surface area (Å²) in [5.41, 5.74) is 4.58. The maximum Gasteiger partial charge on any atom is 0.389 e. The molecule has 0 saturated heterocycles. The zero-order valence-corrected chi connectivity index (χ0v) is 21.7. The highest BCUT2D eigenvalue weighted by Gasteiger charge is 2.27. The van der Waals surface area contributed by atoms with Gasteiger partial charge in [0.15, 0.2) is 6.29 Å². The van der Waals surface area contributed by atoms with Gasteiger partial charge in [0.25, 0.3) is 0 Å². The summed E-state index contributed by atoms with van der Waals surface area (Å²) in [6, 6.07) is 22.7. The number of hydrogen-bond donors (Lipinski definition) is 4. The summed E-state index contributed by atoms with van der Waals surface area (Å²) < 4.78 is 44.5. The van der Waals surface area contributed by atoms with Gasteiger partial charge in [-0.25, -0.2) is 0 Å². The smallest absolute Gasteiger partial charge is 0.389 e. The van der Waals surface area contributed by atoms with E-state index in [2.05, 4.69) is 43.4 Å². The third kappa shape index (κ3) is 9.44. The standard InChI is InChI=1S/C30H36F3NO4/c1-20(2)21-5-7-22(8-6-21)23-13-15-26(16-14-23)38-27(4-3-18-30(31,32)33)24-9-11-25(12-10-24)29(37)34-19-17-28(35)36/h5-16,20,27-29,34-37H,3-4,17-19H2,1-2H3. The average Bonchev–Trinajstić information content (AvgIpc) is 2.88. The van der Waals surface area contributed by atoms with Crippen molar-refractivity contribution in [2.75, 3.05) is 6.54 Å². The number of ether oxygens (including phenoxy) is 1. The van der Waals surface area contributed by atoms with Crippen molar-refractivity contribution < 1.29 is 33.2 Å². The van der Waals surface area contributed by atoms with Crippen LogP contribution in [0.25, 0.3) is 11.1 Å². The predicted molar refractivity (Wildman–Crippen MR) is 141 cm³/mol. The van der Waals surface area contributed by atoms with Gasteiger partial charge in [-0.15, -0.1) is 0 Å². The van der Waals surface area contributed by atoms with Crippen LogP contribution >= 0.6 is 0 Å². The van der Waals surface area contributed by atoms with Crippen LogP contribution in [0.4, 0.5) is 13.2 Å². The van der Waals surface area contributed by atoms with Crippen molar-refractivity contribution in [3.8, 4) is 16.9 Å². The molecule has 206 valence electrons. The van der Waals surface area contributed by atoms with E-state index < -0.39 is 31.2 Å². The number of halogens is 3. The second-order valence-corrected chi connectivity index (χ2v) is 9.71. The molecular weight excluding hydrogens is 495 g/mol. The first-order valence-corrected chi connectivity index (χ1v) is 12.8. The molecule has 38 heavy (non-hydrogen) atoms. The molecule has 4 N–H and O–H groups in total. The Hall–Kier alpha value is -2.91. The fourth-order valence-electron chi connectivity index (χ4n) is 4.09. The van der Waals surface area contributed by atoms with E-state index in [4.69, 9.17) is 14.9 Å². The van der Waals surface area contributed by atoms with E-state index in [-0.39, 0.29) is 25.8 Å². The molecule has 0 aromatic heterocycles. The molecule has 3 aromatic carbocycles. The lowest BCUT2D eigenvalue weighted by molar-refractivity contribution is -0.136. The van der Waals surface area contributed by atoms with Crippen LogP contribution < -0.4 is 10.1 Å². The summed E-state index contributed by atoms with van der Waals surface area (Å²) in [5.74, 6) is 1.00. The van der Waals surface area contributed by atoms with E-state index in [9.17, 15) is 18.3 Å². The SMILES string of the molecule is CC(C)c1ccc(-c2ccc(OC(CCCC(F)(F)F)c3ccc(C(O)NCCC(O)O)cc3)cc2)cc1. The van der Waals surface area contributed by atoms with Gasteiger partial charge in [0.2, 0.25) is 0 Å². The quantitative estimate of drug-likeness (QED) is 0.187. The third-order valence-corrected chi connectivity index (χ3v) is 6.33. The minimum atomic E-state index is -4.24. The Bertz CT molecular complexity index is 1100. The summed E-state index contributed by atoms with van der Waals surface area (Å²) in [4.78, 5) is 0. The maximum absolute atomic E-state index is 12.8. The zero-order chi connectivity index (χ0) is 27.7. The van der Waals surface area contributed by atoms with Gasteiger partial charge >= 0.3 is 6.18 Å². The lowest BCUT2D eigenvalue weighted by Crippen LogP contribution is -2.25. The van der Waals surface area contributed by atoms with E-state index in [1.165, 1.54) is 5.56 Å². The molecule has 8 heteroatoms. The largest absolute Gasteiger partial charge is 0.486 e. The van der Waals surface area contributed by atoms with Gasteiger partial charge in [-0.05, 0) is 58.7 Å². The van der Waals surface area contributed by atoms with Crippen LogP contribution in [0.1, 0.15) is 74.5 Å². The topological polar surface area (TPSA) is 82.0 Å². The molecule has 0 fully saturated rings. The lowest BCUT2D eigenvalue weighted by Gasteiger charge is -2.21. The van der Waals surface area contributed by atoms with E-state index in [0.717, 1.165) is 11.1 Å². The number of alkyl halides is 3. The van der Waals surface area contributed by atoms with Gasteiger partial charge in [-0.1, -0.05) is 74.5 Å². The average molecular weight is 532 g/mol. The predicted octanol–water partition coefficient (Wildman–Crippen LogP) is 6.61. The molecule has 0 aliphatic heterocycles. The monoisotopic (exact) mass is 531 g/mol. The van der Waals surface area contributed by atoms with Gasteiger partial charge in [0.1, 0.15) is 18.1 Å². The Balaban J connectivity index is 1.71. The molecule has 5 nitrogen and oxygen atoms in total. The minimum absolute atomic E-state index is 0.0618. The Labute approximate surface area is 221 Å². The molecule has 0 heterocycles. The van der Waals surface area contributed by atoms with Crippen LogP contribution in [0.15, 0.2) is 72.8 Å². The normalized spacial score (nSPS) is 13.6. The molecule has 3 aromatic rings. The molecule has 2 unspecified atom stereocenters. The van der Waals surface area contributed by atoms with Gasteiger partial charge in [-0.3, -0.25) is 5.32 Å². The molecular formula is C30H36F3NO4. The van der Waals surface area contributed by atoms with Crippen molar-refractivity contribution in [1.82, 2.24) is 5.32 Å². The van der Waals surface area contributed by atoms with Gasteiger partial charge in [-0.2, -0.15) is 13.2 Å². The van der Waals surface area contributed by atoms with Crippen LogP contribution in [-0.4, -0.2) is 34.3 Å². The molecule has 0 radical (unpaired) electrons. The van der Waals surface area contributed by atoms with Crippen molar-refractivity contribution >= 4 is 0 Å². The van der Waals surface area contributed by atoms with Crippen LogP contribution in [0, 0.1) is 0 Å². The van der Waals surface area contributed by atoms with E-state index >= 15 is 0 Å². The second kappa shape index (κ2) is 13.8. The minimum Gasteiger partial charge on any atom is -0.486 e. The molecule has 3 rings (SSSR count). The Morgan fingerprint density at radius 3 is 1.79 bits per heavy atom. The zero-order valence-electron chi connectivity index (χ0n) is 21.7. The Morgan fingerprint density at radius 2 is 1.26 bits per heavy atom. The highest BCUT2D eigenvalue weighted by Crippen LogP contribution is 2.32. The highest BCUT2D eigenvalue weighted by molar-refractivity contribution is 5.64. The molecule has 0 amide bonds. The number of aliphatic hydroxyl groups excluding tert-OH is 2. The van der Waals surface area contributed by atoms with E-state index in [0.29, 0.717) is 22.8 Å². The van der Waals surface area contributed by atoms with Crippen LogP contribution in [0.5, 0.6) is 5.75 Å². The second-order valence-electron chi connectivity index (χ2n) is 9.71. The molecule has 0 saturated carbocycles. The first-order chi connectivity index (χ1) is 18.0. The van der Waals surface area contributed by atoms with Crippen LogP contribution in [0.2, 0.25) is 0 Å². The summed E-state index contributed by atoms with van der Waals surface area (Å²) in [5, 5.41) is 30.9. The molecule has 2 atom stereocenters. The molecule has 0 aliphatic rings. The lowest BCUT2D eigenvalue weighted by atomic mass is 9.99. The first-order valence-electron chi connectivity index (χ1n) is 12.8. The fourth-order valence-corrected chi connectivity index (χ4v) is 4.09. The molecule has 0 spiro atoms. The van der Waals surface area contributed by atoms with Crippen molar-refractivity contribution in [2.24, 2.45) is 0 Å². The van der Waals surface area contributed by atoms with Crippen molar-refractivity contribution in [3.63, 3.8) is 0 Å². The van der Waals surface area contributed by atoms with E-state index in [1.807, 2.05) is 24.3 Å². The summed E-state index contributed by atoms with van der Waals surface area (Å²) >= 11 is 0. The van der Waals surface area contributed by atoms with Crippen LogP contribution in [-0.2, 0) is 0 Å². The van der Waals surface area contributed by atoms with Crippen molar-refractivity contribution in [2.45, 2.75) is 70.2 Å². The van der Waals surface area contributed by atoms with Gasteiger partial charge < -0.3 is 20.1 Å². The van der Waals surface area contributed by atoms with Crippen LogP contribution in [0.3, 0.4) is 0 Å². The number of benzene rings is 3. The maximum atomic E-state index is 12.8. The number of rotatable bonds is 13. The summed E-state index contributed by atoms with van der Waals surface area (Å²) in [6.45, 7) is 4.48. The Morgan fingerprint density at radius 1 is 0.737 bits per heavy atom. The first kappa shape index (κ1) is 29.6. The van der Waals surface area contributed by atoms with Crippen molar-refractivity contribution in [1.29, 1.82) is 0 Å². The molecule has 0 aliphatic carbocycles. The third-order valence-electron chi connectivity index (χ3n) is 6.33. The Kier molecular flexibility index (Phi) is 10.7. The van der Waals surface area contributed by atoms with Crippen molar-refractivity contribution in [3.05, 3.63) is 89.5 Å². The number of nitrogens with one attached hydrogen (secondary N) is 1. The summed E-state index contributed by atoms with van der Waals surface area (Å²) in [6.07, 6.45) is -8.06. The molecule has 0 bridgehead atoms. The fraction of sp³-hybridized carbons (Fsp3) is 0.400. The van der Waals surface area contributed by atoms with Gasteiger partial charge in [0, 0.05) is 19.4 Å². The number of aliphatic hydroxyl groups is 3. The van der Waals surface area contributed by atoms with E-state index in [1.54, 1.807) is 24.3 Å². The summed E-state index contributed by atoms with van der Waals surface area (Å²) in [7, 11) is 0. The highest BCUT2D eigenvalue weighted by atomic mass is 19.4.